The lowest BCUT2D eigenvalue weighted by Gasteiger charge is -2.28. The van der Waals surface area contributed by atoms with E-state index < -0.39 is 0 Å². The normalized spacial score (nSPS) is 21.1. The van der Waals surface area contributed by atoms with Gasteiger partial charge in [0.25, 0.3) is 5.91 Å². The molecule has 1 saturated carbocycles. The van der Waals surface area contributed by atoms with Crippen molar-refractivity contribution >= 4 is 11.8 Å². The number of nitrogens with zero attached hydrogens (tertiary/aromatic N) is 2. The number of ether oxygens (including phenoxy) is 1. The van der Waals surface area contributed by atoms with Crippen molar-refractivity contribution in [2.45, 2.75) is 44.9 Å². The van der Waals surface area contributed by atoms with Crippen molar-refractivity contribution in [1.29, 1.82) is 0 Å². The fraction of sp³-hybridized carbons (Fsp3) is 0.619. The van der Waals surface area contributed by atoms with Gasteiger partial charge in [0.2, 0.25) is 5.91 Å². The van der Waals surface area contributed by atoms with Gasteiger partial charge in [-0.2, -0.15) is 0 Å². The fourth-order valence-electron chi connectivity index (χ4n) is 4.45. The predicted molar refractivity (Wildman–Crippen MR) is 99.3 cm³/mol. The molecule has 2 aliphatic heterocycles. The minimum absolute atomic E-state index is 0.0756. The quantitative estimate of drug-likeness (QED) is 0.819. The second-order valence-corrected chi connectivity index (χ2v) is 7.73. The highest BCUT2D eigenvalue weighted by Crippen LogP contribution is 2.27. The Bertz CT molecular complexity index is 682. The molecule has 3 aliphatic rings. The van der Waals surface area contributed by atoms with Crippen molar-refractivity contribution in [1.82, 2.24) is 9.80 Å². The molecule has 1 aromatic rings. The van der Waals surface area contributed by atoms with Crippen molar-refractivity contribution < 1.29 is 14.3 Å². The van der Waals surface area contributed by atoms with Crippen LogP contribution in [0.3, 0.4) is 0 Å². The number of hydrogen-bond donors (Lipinski definition) is 0. The van der Waals surface area contributed by atoms with Gasteiger partial charge in [-0.1, -0.05) is 19.3 Å². The molecule has 0 bridgehead atoms. The van der Waals surface area contributed by atoms with Gasteiger partial charge in [0, 0.05) is 44.1 Å². The first-order chi connectivity index (χ1) is 12.7. The van der Waals surface area contributed by atoms with Crippen molar-refractivity contribution in [3.05, 3.63) is 29.3 Å². The Hall–Kier alpha value is -2.04. The molecule has 2 heterocycles. The topological polar surface area (TPSA) is 49.9 Å². The van der Waals surface area contributed by atoms with Gasteiger partial charge in [-0.25, -0.2) is 0 Å². The van der Waals surface area contributed by atoms with Crippen LogP contribution in [0, 0.1) is 5.92 Å². The maximum Gasteiger partial charge on any atom is 0.253 e. The molecule has 0 spiro atoms. The molecule has 0 N–H and O–H groups in total. The molecule has 5 nitrogen and oxygen atoms in total. The van der Waals surface area contributed by atoms with E-state index >= 15 is 0 Å². The minimum atomic E-state index is 0.0756. The van der Waals surface area contributed by atoms with Gasteiger partial charge in [-0.3, -0.25) is 9.59 Å². The van der Waals surface area contributed by atoms with Gasteiger partial charge in [0.1, 0.15) is 5.75 Å². The molecule has 0 radical (unpaired) electrons. The molecule has 1 aliphatic carbocycles. The smallest absolute Gasteiger partial charge is 0.253 e. The van der Waals surface area contributed by atoms with Crippen LogP contribution in [0.5, 0.6) is 5.75 Å². The number of carbonyl (C=O) groups excluding carboxylic acids is 2. The molecule has 26 heavy (non-hydrogen) atoms. The highest BCUT2D eigenvalue weighted by Gasteiger charge is 2.28. The van der Waals surface area contributed by atoms with E-state index in [0.29, 0.717) is 25.6 Å². The van der Waals surface area contributed by atoms with E-state index in [1.807, 2.05) is 28.0 Å². The molecule has 2 fully saturated rings. The summed E-state index contributed by atoms with van der Waals surface area (Å²) in [5.74, 6) is 1.50. The van der Waals surface area contributed by atoms with Gasteiger partial charge in [-0.15, -0.1) is 0 Å². The molecular formula is C21H28N2O3. The lowest BCUT2D eigenvalue weighted by Crippen LogP contribution is -2.40. The second kappa shape index (κ2) is 7.68. The first-order valence-electron chi connectivity index (χ1n) is 10.1. The van der Waals surface area contributed by atoms with Gasteiger partial charge in [0.15, 0.2) is 0 Å². The Morgan fingerprint density at radius 3 is 2.54 bits per heavy atom. The summed E-state index contributed by atoms with van der Waals surface area (Å²) in [6.45, 7) is 3.49. The van der Waals surface area contributed by atoms with Crippen LogP contribution in [0.15, 0.2) is 18.2 Å². The van der Waals surface area contributed by atoms with Crippen LogP contribution in [-0.4, -0.2) is 54.4 Å². The van der Waals surface area contributed by atoms with Crippen molar-refractivity contribution in [2.24, 2.45) is 5.92 Å². The summed E-state index contributed by atoms with van der Waals surface area (Å²) in [5, 5.41) is 0. The van der Waals surface area contributed by atoms with Gasteiger partial charge in [0.05, 0.1) is 6.61 Å². The van der Waals surface area contributed by atoms with Crippen LogP contribution in [-0.2, 0) is 11.2 Å². The standard InChI is InChI=1S/C21H28N2O3/c24-20(16-5-2-1-3-6-16)22-10-4-11-23(13-12-22)21(25)18-7-8-19-17(15-18)9-14-26-19/h7-8,15-16H,1-6,9-14H2. The average Bonchev–Trinajstić information content (AvgIpc) is 3.02. The lowest BCUT2D eigenvalue weighted by molar-refractivity contribution is -0.136. The fourth-order valence-corrected chi connectivity index (χ4v) is 4.45. The third-order valence-electron chi connectivity index (χ3n) is 5.99. The lowest BCUT2D eigenvalue weighted by atomic mass is 9.88. The van der Waals surface area contributed by atoms with E-state index in [2.05, 4.69) is 0 Å². The van der Waals surface area contributed by atoms with Crippen molar-refractivity contribution in [3.8, 4) is 5.75 Å². The number of benzene rings is 1. The van der Waals surface area contributed by atoms with Crippen LogP contribution >= 0.6 is 0 Å². The predicted octanol–water partition coefficient (Wildman–Crippen LogP) is 2.88. The van der Waals surface area contributed by atoms with Gasteiger partial charge in [-0.05, 0) is 43.0 Å². The summed E-state index contributed by atoms with van der Waals surface area (Å²) in [5.41, 5.74) is 1.86. The summed E-state index contributed by atoms with van der Waals surface area (Å²) in [7, 11) is 0. The minimum Gasteiger partial charge on any atom is -0.493 e. The molecule has 5 heteroatoms. The first-order valence-corrected chi connectivity index (χ1v) is 10.1. The molecule has 0 aromatic heterocycles. The summed E-state index contributed by atoms with van der Waals surface area (Å²) in [6.07, 6.45) is 7.43. The second-order valence-electron chi connectivity index (χ2n) is 7.73. The zero-order chi connectivity index (χ0) is 17.9. The summed E-state index contributed by atoms with van der Waals surface area (Å²) in [4.78, 5) is 29.6. The molecule has 1 saturated heterocycles. The number of amides is 2. The first kappa shape index (κ1) is 17.4. The number of carbonyl (C=O) groups is 2. The van der Waals surface area contributed by atoms with Gasteiger partial charge >= 0.3 is 0 Å². The van der Waals surface area contributed by atoms with E-state index in [-0.39, 0.29) is 11.8 Å². The van der Waals surface area contributed by atoms with Crippen LogP contribution in [0.1, 0.15) is 54.4 Å². The van der Waals surface area contributed by atoms with Gasteiger partial charge < -0.3 is 14.5 Å². The van der Waals surface area contributed by atoms with Crippen molar-refractivity contribution in [2.75, 3.05) is 32.8 Å². The van der Waals surface area contributed by atoms with E-state index in [1.54, 1.807) is 0 Å². The molecule has 0 unspecified atom stereocenters. The zero-order valence-corrected chi connectivity index (χ0v) is 15.4. The van der Waals surface area contributed by atoms with Crippen LogP contribution in [0.4, 0.5) is 0 Å². The average molecular weight is 356 g/mol. The molecular weight excluding hydrogens is 328 g/mol. The summed E-state index contributed by atoms with van der Waals surface area (Å²) in [6, 6.07) is 5.75. The monoisotopic (exact) mass is 356 g/mol. The Labute approximate surface area is 155 Å². The van der Waals surface area contributed by atoms with E-state index in [0.717, 1.165) is 55.6 Å². The Kier molecular flexibility index (Phi) is 5.14. The third kappa shape index (κ3) is 3.57. The number of fused-ring (bicyclic) bond motifs is 1. The molecule has 0 atom stereocenters. The highest BCUT2D eigenvalue weighted by atomic mass is 16.5. The number of rotatable bonds is 2. The maximum atomic E-state index is 12.9. The zero-order valence-electron chi connectivity index (χ0n) is 15.4. The third-order valence-corrected chi connectivity index (χ3v) is 5.99. The Balaban J connectivity index is 1.38. The van der Waals surface area contributed by atoms with E-state index in [4.69, 9.17) is 4.74 Å². The Morgan fingerprint density at radius 1 is 0.923 bits per heavy atom. The largest absolute Gasteiger partial charge is 0.493 e. The van der Waals surface area contributed by atoms with E-state index in [9.17, 15) is 9.59 Å². The highest BCUT2D eigenvalue weighted by molar-refractivity contribution is 5.94. The molecule has 140 valence electrons. The molecule has 2 amide bonds. The van der Waals surface area contributed by atoms with Crippen LogP contribution in [0.25, 0.3) is 0 Å². The Morgan fingerprint density at radius 2 is 1.69 bits per heavy atom. The van der Waals surface area contributed by atoms with E-state index in [1.165, 1.54) is 19.3 Å². The SMILES string of the molecule is O=C(c1ccc2c(c1)CCO2)N1CCCN(C(=O)C2CCCCC2)CC1. The van der Waals surface area contributed by atoms with Crippen LogP contribution in [0.2, 0.25) is 0 Å². The summed E-state index contributed by atoms with van der Waals surface area (Å²) >= 11 is 0. The molecule has 1 aromatic carbocycles. The van der Waals surface area contributed by atoms with Crippen molar-refractivity contribution in [3.63, 3.8) is 0 Å². The molecule has 4 rings (SSSR count). The summed E-state index contributed by atoms with van der Waals surface area (Å²) < 4.78 is 5.53. The number of hydrogen-bond acceptors (Lipinski definition) is 3. The maximum absolute atomic E-state index is 12.9. The van der Waals surface area contributed by atoms with Crippen LogP contribution < -0.4 is 4.74 Å².